The van der Waals surface area contributed by atoms with E-state index in [0.717, 1.165) is 25.0 Å². The second-order valence-electron chi connectivity index (χ2n) is 6.69. The Hall–Kier alpha value is -2.47. The summed E-state index contributed by atoms with van der Waals surface area (Å²) in [6.45, 7) is 3.40. The topological polar surface area (TPSA) is 55.6 Å². The number of hydrogen-bond donors (Lipinski definition) is 1. The van der Waals surface area contributed by atoms with Crippen molar-refractivity contribution < 1.29 is 18.3 Å². The average molecular weight is 360 g/mol. The first kappa shape index (κ1) is 18.3. The highest BCUT2D eigenvalue weighted by Crippen LogP contribution is 2.26. The standard InChI is InChI=1S/C20H22F2N2O2/c1-13(23)14-8-10-24(11-9-14)20(25)15-2-5-17(6-3-15)26-19-7-4-16(21)12-18(19)22/h2-7,12-14H,8-11,23H2,1H3. The average Bonchev–Trinajstić information content (AvgIpc) is 2.64. The second kappa shape index (κ2) is 7.83. The van der Waals surface area contributed by atoms with Crippen molar-refractivity contribution in [1.82, 2.24) is 4.90 Å². The molecular formula is C20H22F2N2O2. The van der Waals surface area contributed by atoms with Gasteiger partial charge in [-0.15, -0.1) is 0 Å². The van der Waals surface area contributed by atoms with Gasteiger partial charge in [-0.3, -0.25) is 4.79 Å². The third-order valence-corrected chi connectivity index (χ3v) is 4.79. The lowest BCUT2D eigenvalue weighted by Gasteiger charge is -2.33. The minimum absolute atomic E-state index is 0.0346. The summed E-state index contributed by atoms with van der Waals surface area (Å²) in [4.78, 5) is 14.4. The number of likely N-dealkylation sites (tertiary alicyclic amines) is 1. The zero-order valence-corrected chi connectivity index (χ0v) is 14.6. The summed E-state index contributed by atoms with van der Waals surface area (Å²) in [7, 11) is 0. The molecule has 1 aliphatic rings. The van der Waals surface area contributed by atoms with Crippen LogP contribution in [-0.4, -0.2) is 29.9 Å². The van der Waals surface area contributed by atoms with Gasteiger partial charge in [0.2, 0.25) is 0 Å². The lowest BCUT2D eigenvalue weighted by molar-refractivity contribution is 0.0681. The number of hydrogen-bond acceptors (Lipinski definition) is 3. The van der Waals surface area contributed by atoms with Crippen LogP contribution in [0.3, 0.4) is 0 Å². The Balaban J connectivity index is 1.63. The van der Waals surface area contributed by atoms with E-state index in [0.29, 0.717) is 30.3 Å². The molecule has 1 atom stereocenters. The smallest absolute Gasteiger partial charge is 0.253 e. The molecule has 1 saturated heterocycles. The van der Waals surface area contributed by atoms with Crippen LogP contribution in [0, 0.1) is 17.6 Å². The van der Waals surface area contributed by atoms with Gasteiger partial charge in [0.1, 0.15) is 11.6 Å². The maximum atomic E-state index is 13.6. The Kier molecular flexibility index (Phi) is 5.52. The van der Waals surface area contributed by atoms with E-state index in [-0.39, 0.29) is 17.7 Å². The lowest BCUT2D eigenvalue weighted by Crippen LogP contribution is -2.42. The number of nitrogens with zero attached hydrogens (tertiary/aromatic N) is 1. The quantitative estimate of drug-likeness (QED) is 0.898. The van der Waals surface area contributed by atoms with E-state index in [1.807, 2.05) is 11.8 Å². The van der Waals surface area contributed by atoms with Gasteiger partial charge in [-0.1, -0.05) is 0 Å². The van der Waals surface area contributed by atoms with Gasteiger partial charge in [-0.05, 0) is 62.1 Å². The molecule has 4 nitrogen and oxygen atoms in total. The molecule has 2 N–H and O–H groups in total. The molecule has 26 heavy (non-hydrogen) atoms. The predicted octanol–water partition coefficient (Wildman–Crippen LogP) is 3.96. The molecule has 1 heterocycles. The van der Waals surface area contributed by atoms with Crippen molar-refractivity contribution in [2.75, 3.05) is 13.1 Å². The first-order valence-electron chi connectivity index (χ1n) is 8.72. The molecule has 138 valence electrons. The molecular weight excluding hydrogens is 338 g/mol. The van der Waals surface area contributed by atoms with Gasteiger partial charge in [0, 0.05) is 30.8 Å². The molecule has 0 aliphatic carbocycles. The van der Waals surface area contributed by atoms with Crippen LogP contribution in [-0.2, 0) is 0 Å². The van der Waals surface area contributed by atoms with Gasteiger partial charge in [0.15, 0.2) is 11.6 Å². The normalized spacial score (nSPS) is 16.4. The van der Waals surface area contributed by atoms with E-state index in [9.17, 15) is 13.6 Å². The Morgan fingerprint density at radius 2 is 1.81 bits per heavy atom. The molecule has 2 aromatic rings. The van der Waals surface area contributed by atoms with Crippen molar-refractivity contribution >= 4 is 5.91 Å². The Labute approximate surface area is 151 Å². The fraction of sp³-hybridized carbons (Fsp3) is 0.350. The highest BCUT2D eigenvalue weighted by molar-refractivity contribution is 5.94. The van der Waals surface area contributed by atoms with E-state index >= 15 is 0 Å². The summed E-state index contributed by atoms with van der Waals surface area (Å²) in [5, 5.41) is 0. The van der Waals surface area contributed by atoms with E-state index in [4.69, 9.17) is 10.5 Å². The van der Waals surface area contributed by atoms with Crippen LogP contribution >= 0.6 is 0 Å². The summed E-state index contributed by atoms with van der Waals surface area (Å²) >= 11 is 0. The zero-order chi connectivity index (χ0) is 18.7. The van der Waals surface area contributed by atoms with Crippen molar-refractivity contribution in [1.29, 1.82) is 0 Å². The summed E-state index contributed by atoms with van der Waals surface area (Å²) in [6, 6.07) is 9.77. The molecule has 0 radical (unpaired) electrons. The highest BCUT2D eigenvalue weighted by atomic mass is 19.1. The van der Waals surface area contributed by atoms with Crippen LogP contribution in [0.2, 0.25) is 0 Å². The van der Waals surface area contributed by atoms with Gasteiger partial charge in [-0.25, -0.2) is 8.78 Å². The fourth-order valence-corrected chi connectivity index (χ4v) is 3.16. The third-order valence-electron chi connectivity index (χ3n) is 4.79. The number of amides is 1. The maximum Gasteiger partial charge on any atom is 0.253 e. The lowest BCUT2D eigenvalue weighted by atomic mass is 9.90. The molecule has 3 rings (SSSR count). The minimum atomic E-state index is -0.776. The molecule has 1 unspecified atom stereocenters. The van der Waals surface area contributed by atoms with Crippen molar-refractivity contribution in [3.05, 3.63) is 59.7 Å². The van der Waals surface area contributed by atoms with Crippen LogP contribution in [0.15, 0.2) is 42.5 Å². The molecule has 1 fully saturated rings. The molecule has 6 heteroatoms. The number of nitrogens with two attached hydrogens (primary N) is 1. The van der Waals surface area contributed by atoms with E-state index < -0.39 is 11.6 Å². The van der Waals surface area contributed by atoms with Gasteiger partial charge in [-0.2, -0.15) is 0 Å². The molecule has 0 bridgehead atoms. The second-order valence-corrected chi connectivity index (χ2v) is 6.69. The zero-order valence-electron chi connectivity index (χ0n) is 14.6. The summed E-state index contributed by atoms with van der Waals surface area (Å²) < 4.78 is 32.0. The van der Waals surface area contributed by atoms with Gasteiger partial charge < -0.3 is 15.4 Å². The van der Waals surface area contributed by atoms with Gasteiger partial charge in [0.25, 0.3) is 5.91 Å². The van der Waals surface area contributed by atoms with Crippen LogP contribution in [0.5, 0.6) is 11.5 Å². The molecule has 0 saturated carbocycles. The number of rotatable bonds is 4. The number of carbonyl (C=O) groups is 1. The predicted molar refractivity (Wildman–Crippen MR) is 95.2 cm³/mol. The molecule has 0 spiro atoms. The summed E-state index contributed by atoms with van der Waals surface area (Å²) in [5.41, 5.74) is 6.49. The van der Waals surface area contributed by atoms with E-state index in [1.165, 1.54) is 6.07 Å². The Morgan fingerprint density at radius 1 is 1.15 bits per heavy atom. The van der Waals surface area contributed by atoms with Gasteiger partial charge >= 0.3 is 0 Å². The van der Waals surface area contributed by atoms with Crippen LogP contribution in [0.4, 0.5) is 8.78 Å². The molecule has 2 aromatic carbocycles. The SMILES string of the molecule is CC(N)C1CCN(C(=O)c2ccc(Oc3ccc(F)cc3F)cc2)CC1. The van der Waals surface area contributed by atoms with E-state index in [1.54, 1.807) is 24.3 Å². The van der Waals surface area contributed by atoms with Crippen molar-refractivity contribution in [3.63, 3.8) is 0 Å². The van der Waals surface area contributed by atoms with Crippen LogP contribution < -0.4 is 10.5 Å². The van der Waals surface area contributed by atoms with E-state index in [2.05, 4.69) is 0 Å². The highest BCUT2D eigenvalue weighted by Gasteiger charge is 2.25. The molecule has 0 aromatic heterocycles. The van der Waals surface area contributed by atoms with Crippen LogP contribution in [0.25, 0.3) is 0 Å². The molecule has 1 amide bonds. The Morgan fingerprint density at radius 3 is 2.38 bits per heavy atom. The molecule has 1 aliphatic heterocycles. The Bertz CT molecular complexity index is 770. The number of carbonyl (C=O) groups excluding carboxylic acids is 1. The maximum absolute atomic E-state index is 13.6. The largest absolute Gasteiger partial charge is 0.454 e. The minimum Gasteiger partial charge on any atom is -0.454 e. The number of ether oxygens (including phenoxy) is 1. The number of halogens is 2. The van der Waals surface area contributed by atoms with Gasteiger partial charge in [0.05, 0.1) is 0 Å². The first-order chi connectivity index (χ1) is 12.4. The summed E-state index contributed by atoms with van der Waals surface area (Å²) in [6.07, 6.45) is 1.82. The fourth-order valence-electron chi connectivity index (χ4n) is 3.16. The van der Waals surface area contributed by atoms with Crippen molar-refractivity contribution in [2.45, 2.75) is 25.8 Å². The summed E-state index contributed by atoms with van der Waals surface area (Å²) in [5.74, 6) is -0.704. The first-order valence-corrected chi connectivity index (χ1v) is 8.72. The third kappa shape index (κ3) is 4.19. The monoisotopic (exact) mass is 360 g/mol. The number of benzene rings is 2. The van der Waals surface area contributed by atoms with Crippen molar-refractivity contribution in [3.8, 4) is 11.5 Å². The van der Waals surface area contributed by atoms with Crippen LogP contribution in [0.1, 0.15) is 30.1 Å². The number of piperidine rings is 1. The van der Waals surface area contributed by atoms with Crippen molar-refractivity contribution in [2.24, 2.45) is 11.7 Å².